The highest BCUT2D eigenvalue weighted by Crippen LogP contribution is 2.29. The molecule has 0 fully saturated rings. The number of carbonyl (C=O) groups excluding carboxylic acids is 1. The molecule has 3 aromatic rings. The van der Waals surface area contributed by atoms with Crippen LogP contribution in [0.5, 0.6) is 17.2 Å². The minimum Gasteiger partial charge on any atom is -0.497 e. The number of ether oxygens (including phenoxy) is 2. The summed E-state index contributed by atoms with van der Waals surface area (Å²) in [5.74, 6) is 0.433. The van der Waals surface area contributed by atoms with Crippen molar-refractivity contribution in [3.05, 3.63) is 94.1 Å². The fraction of sp³-hybridized carbons (Fsp3) is 0.120. The molecule has 0 saturated heterocycles. The van der Waals surface area contributed by atoms with Crippen LogP contribution in [0.3, 0.4) is 0 Å². The zero-order valence-electron chi connectivity index (χ0n) is 17.4. The van der Waals surface area contributed by atoms with Crippen molar-refractivity contribution in [2.75, 3.05) is 7.11 Å². The number of amides is 1. The fourth-order valence-electron chi connectivity index (χ4n) is 2.87. The van der Waals surface area contributed by atoms with Gasteiger partial charge >= 0.3 is 5.97 Å². The number of hydrogen-bond acceptors (Lipinski definition) is 4. The molecule has 0 spiro atoms. The number of benzene rings is 3. The van der Waals surface area contributed by atoms with Crippen LogP contribution in [0.2, 0.25) is 0 Å². The second-order valence-corrected chi connectivity index (χ2v) is 7.72. The van der Waals surface area contributed by atoms with Crippen LogP contribution in [0.4, 0.5) is 0 Å². The Labute approximate surface area is 194 Å². The summed E-state index contributed by atoms with van der Waals surface area (Å²) in [6, 6.07) is 21.8. The normalized spacial score (nSPS) is 11.0. The molecule has 0 aromatic heterocycles. The smallest absolute Gasteiger partial charge is 0.352 e. The SMILES string of the molecule is COc1ccc(CCC(=O)N/C(=C\c2ccc(Oc3ccccc3Br)cc2)C(=O)O)cc1. The lowest BCUT2D eigenvalue weighted by molar-refractivity contribution is -0.134. The maximum atomic E-state index is 12.3. The first kappa shape index (κ1) is 23.1. The minimum atomic E-state index is -1.21. The van der Waals surface area contributed by atoms with Crippen molar-refractivity contribution in [2.45, 2.75) is 12.8 Å². The van der Waals surface area contributed by atoms with Crippen LogP contribution in [-0.4, -0.2) is 24.1 Å². The first-order valence-electron chi connectivity index (χ1n) is 9.85. The average molecular weight is 496 g/mol. The highest BCUT2D eigenvalue weighted by molar-refractivity contribution is 9.10. The predicted octanol–water partition coefficient (Wildman–Crippen LogP) is 5.42. The summed E-state index contributed by atoms with van der Waals surface area (Å²) in [4.78, 5) is 23.9. The van der Waals surface area contributed by atoms with E-state index in [-0.39, 0.29) is 18.0 Å². The first-order valence-corrected chi connectivity index (χ1v) is 10.6. The highest BCUT2D eigenvalue weighted by Gasteiger charge is 2.12. The Balaban J connectivity index is 1.61. The van der Waals surface area contributed by atoms with E-state index in [1.54, 1.807) is 31.4 Å². The zero-order valence-corrected chi connectivity index (χ0v) is 19.0. The van der Waals surface area contributed by atoms with E-state index in [9.17, 15) is 14.7 Å². The van der Waals surface area contributed by atoms with Crippen LogP contribution in [-0.2, 0) is 16.0 Å². The molecule has 0 bridgehead atoms. The van der Waals surface area contributed by atoms with Crippen molar-refractivity contribution in [3.63, 3.8) is 0 Å². The largest absolute Gasteiger partial charge is 0.497 e. The van der Waals surface area contributed by atoms with Gasteiger partial charge in [0.2, 0.25) is 5.91 Å². The van der Waals surface area contributed by atoms with Gasteiger partial charge in [-0.25, -0.2) is 4.79 Å². The Morgan fingerprint density at radius 3 is 2.25 bits per heavy atom. The molecule has 0 aliphatic rings. The lowest BCUT2D eigenvalue weighted by Crippen LogP contribution is -2.27. The van der Waals surface area contributed by atoms with Gasteiger partial charge in [-0.05, 0) is 76.0 Å². The second kappa shape index (κ2) is 11.2. The first-order chi connectivity index (χ1) is 15.4. The molecule has 3 aromatic carbocycles. The van der Waals surface area contributed by atoms with Crippen LogP contribution < -0.4 is 14.8 Å². The molecule has 1 amide bonds. The second-order valence-electron chi connectivity index (χ2n) is 6.86. The third-order valence-electron chi connectivity index (χ3n) is 4.56. The van der Waals surface area contributed by atoms with Gasteiger partial charge in [-0.15, -0.1) is 0 Å². The van der Waals surface area contributed by atoms with E-state index in [4.69, 9.17) is 9.47 Å². The molecular formula is C25H22BrNO5. The molecule has 0 heterocycles. The topological polar surface area (TPSA) is 84.9 Å². The number of aryl methyl sites for hydroxylation is 1. The summed E-state index contributed by atoms with van der Waals surface area (Å²) < 4.78 is 11.7. The fourth-order valence-corrected chi connectivity index (χ4v) is 3.23. The molecule has 0 aliphatic heterocycles. The lowest BCUT2D eigenvalue weighted by atomic mass is 10.1. The van der Waals surface area contributed by atoms with Crippen LogP contribution >= 0.6 is 15.9 Å². The summed E-state index contributed by atoms with van der Waals surface area (Å²) >= 11 is 3.43. The number of hydrogen-bond donors (Lipinski definition) is 2. The molecule has 0 saturated carbocycles. The maximum absolute atomic E-state index is 12.3. The molecule has 2 N–H and O–H groups in total. The van der Waals surface area contributed by atoms with Crippen molar-refractivity contribution in [1.82, 2.24) is 5.32 Å². The van der Waals surface area contributed by atoms with Crippen LogP contribution in [0.1, 0.15) is 17.5 Å². The molecule has 0 aliphatic carbocycles. The number of methoxy groups -OCH3 is 1. The van der Waals surface area contributed by atoms with Gasteiger partial charge in [-0.3, -0.25) is 4.79 Å². The molecular weight excluding hydrogens is 474 g/mol. The van der Waals surface area contributed by atoms with Crippen LogP contribution in [0, 0.1) is 0 Å². The number of aliphatic carboxylic acids is 1. The third-order valence-corrected chi connectivity index (χ3v) is 5.21. The summed E-state index contributed by atoms with van der Waals surface area (Å²) in [7, 11) is 1.59. The summed E-state index contributed by atoms with van der Waals surface area (Å²) in [6.07, 6.45) is 2.06. The number of halogens is 1. The number of carboxylic acid groups (broad SMARTS) is 1. The molecule has 3 rings (SSSR count). The van der Waals surface area contributed by atoms with Gasteiger partial charge in [-0.1, -0.05) is 36.4 Å². The van der Waals surface area contributed by atoms with E-state index in [1.165, 1.54) is 6.08 Å². The zero-order chi connectivity index (χ0) is 22.9. The Morgan fingerprint density at radius 1 is 0.969 bits per heavy atom. The number of rotatable bonds is 9. The Hall–Kier alpha value is -3.58. The van der Waals surface area contributed by atoms with E-state index in [1.807, 2.05) is 48.5 Å². The van der Waals surface area contributed by atoms with E-state index >= 15 is 0 Å². The van der Waals surface area contributed by atoms with Gasteiger partial charge in [0.1, 0.15) is 22.9 Å². The monoisotopic (exact) mass is 495 g/mol. The molecule has 0 radical (unpaired) electrons. The third kappa shape index (κ3) is 6.72. The highest BCUT2D eigenvalue weighted by atomic mass is 79.9. The Kier molecular flexibility index (Phi) is 8.05. The molecule has 6 nitrogen and oxygen atoms in total. The van der Waals surface area contributed by atoms with Gasteiger partial charge in [0.05, 0.1) is 11.6 Å². The quantitative estimate of drug-likeness (QED) is 0.387. The standard InChI is InChI=1S/C25H22BrNO5/c1-31-19-11-6-17(7-12-19)10-15-24(28)27-22(25(29)30)16-18-8-13-20(14-9-18)32-23-5-3-2-4-21(23)26/h2-9,11-14,16H,10,15H2,1H3,(H,27,28)(H,29,30)/b22-16-. The Morgan fingerprint density at radius 2 is 1.62 bits per heavy atom. The van der Waals surface area contributed by atoms with Crippen LogP contribution in [0.25, 0.3) is 6.08 Å². The van der Waals surface area contributed by atoms with Crippen molar-refractivity contribution in [3.8, 4) is 17.2 Å². The lowest BCUT2D eigenvalue weighted by Gasteiger charge is -2.09. The molecule has 164 valence electrons. The van der Waals surface area contributed by atoms with Gasteiger partial charge in [0.15, 0.2) is 0 Å². The van der Waals surface area contributed by atoms with Crippen LogP contribution in [0.15, 0.2) is 83.0 Å². The van der Waals surface area contributed by atoms with Crippen molar-refractivity contribution >= 4 is 33.9 Å². The maximum Gasteiger partial charge on any atom is 0.352 e. The van der Waals surface area contributed by atoms with E-state index in [2.05, 4.69) is 21.2 Å². The number of carbonyl (C=O) groups is 2. The van der Waals surface area contributed by atoms with E-state index < -0.39 is 5.97 Å². The molecule has 32 heavy (non-hydrogen) atoms. The van der Waals surface area contributed by atoms with Crippen molar-refractivity contribution in [2.24, 2.45) is 0 Å². The van der Waals surface area contributed by atoms with Crippen molar-refractivity contribution in [1.29, 1.82) is 0 Å². The Bertz CT molecular complexity index is 1110. The van der Waals surface area contributed by atoms with Crippen molar-refractivity contribution < 1.29 is 24.2 Å². The number of nitrogens with one attached hydrogen (secondary N) is 1. The van der Waals surface area contributed by atoms with Gasteiger partial charge < -0.3 is 19.9 Å². The van der Waals surface area contributed by atoms with E-state index in [0.717, 1.165) is 15.8 Å². The molecule has 0 unspecified atom stereocenters. The minimum absolute atomic E-state index is 0.162. The van der Waals surface area contributed by atoms with Gasteiger partial charge in [-0.2, -0.15) is 0 Å². The summed E-state index contributed by atoms with van der Waals surface area (Å²) in [5.41, 5.74) is 1.39. The predicted molar refractivity (Wildman–Crippen MR) is 126 cm³/mol. The summed E-state index contributed by atoms with van der Waals surface area (Å²) in [5, 5.41) is 12.0. The summed E-state index contributed by atoms with van der Waals surface area (Å²) in [6.45, 7) is 0. The van der Waals surface area contributed by atoms with Gasteiger partial charge in [0.25, 0.3) is 0 Å². The number of carboxylic acids is 1. The number of para-hydroxylation sites is 1. The molecule has 0 atom stereocenters. The average Bonchev–Trinajstić information content (AvgIpc) is 2.80. The van der Waals surface area contributed by atoms with E-state index in [0.29, 0.717) is 23.5 Å². The van der Waals surface area contributed by atoms with Gasteiger partial charge in [0, 0.05) is 6.42 Å². The molecule has 7 heteroatoms.